The molecule has 3 aromatic rings. The van der Waals surface area contributed by atoms with Gasteiger partial charge in [-0.05, 0) is 28.3 Å². The Morgan fingerprint density at radius 3 is 2.80 bits per heavy atom. The standard InChI is InChI=1S/C15H13BrN2OS/c1-19-12-6-4-3-5-9(12)10-7-17-15-13(10)14(20-2)11(16)8-18-15/h3-8H,1-2H3,(H,17,18). The third-order valence-corrected chi connectivity index (χ3v) is 4.91. The van der Waals surface area contributed by atoms with Crippen LogP contribution in [0.5, 0.6) is 5.75 Å². The molecular weight excluding hydrogens is 336 g/mol. The van der Waals surface area contributed by atoms with E-state index in [0.717, 1.165) is 32.4 Å². The molecule has 1 aromatic carbocycles. The Bertz CT molecular complexity index is 770. The first-order valence-electron chi connectivity index (χ1n) is 6.09. The van der Waals surface area contributed by atoms with E-state index in [2.05, 4.69) is 38.2 Å². The number of benzene rings is 1. The van der Waals surface area contributed by atoms with Gasteiger partial charge in [-0.25, -0.2) is 4.98 Å². The van der Waals surface area contributed by atoms with Crippen LogP contribution in [0.4, 0.5) is 0 Å². The molecule has 2 aromatic heterocycles. The fourth-order valence-corrected chi connectivity index (χ4v) is 3.77. The number of methoxy groups -OCH3 is 1. The predicted octanol–water partition coefficient (Wildman–Crippen LogP) is 4.72. The van der Waals surface area contributed by atoms with E-state index in [-0.39, 0.29) is 0 Å². The van der Waals surface area contributed by atoms with Crippen molar-refractivity contribution in [2.45, 2.75) is 4.90 Å². The van der Waals surface area contributed by atoms with Gasteiger partial charge in [0, 0.05) is 33.8 Å². The van der Waals surface area contributed by atoms with Crippen LogP contribution in [0, 0.1) is 0 Å². The number of para-hydroxylation sites is 1. The molecule has 0 saturated carbocycles. The third kappa shape index (κ3) is 2.11. The van der Waals surface area contributed by atoms with Crippen LogP contribution in [-0.4, -0.2) is 23.3 Å². The zero-order valence-electron chi connectivity index (χ0n) is 11.1. The number of thioether (sulfide) groups is 1. The number of halogens is 1. The fourth-order valence-electron chi connectivity index (χ4n) is 2.32. The van der Waals surface area contributed by atoms with E-state index < -0.39 is 0 Å². The highest BCUT2D eigenvalue weighted by Crippen LogP contribution is 2.40. The van der Waals surface area contributed by atoms with Crippen LogP contribution in [0.25, 0.3) is 22.2 Å². The van der Waals surface area contributed by atoms with Crippen LogP contribution in [0.2, 0.25) is 0 Å². The second-order valence-corrected chi connectivity index (χ2v) is 5.94. The van der Waals surface area contributed by atoms with Gasteiger partial charge in [-0.1, -0.05) is 18.2 Å². The minimum Gasteiger partial charge on any atom is -0.496 e. The second kappa shape index (κ2) is 5.50. The maximum absolute atomic E-state index is 5.47. The molecule has 3 nitrogen and oxygen atoms in total. The first-order valence-corrected chi connectivity index (χ1v) is 8.11. The van der Waals surface area contributed by atoms with E-state index in [1.165, 1.54) is 4.90 Å². The van der Waals surface area contributed by atoms with Gasteiger partial charge in [-0.15, -0.1) is 11.8 Å². The van der Waals surface area contributed by atoms with Crippen LogP contribution >= 0.6 is 27.7 Å². The molecule has 20 heavy (non-hydrogen) atoms. The van der Waals surface area contributed by atoms with Crippen molar-refractivity contribution >= 4 is 38.7 Å². The molecule has 0 bridgehead atoms. The lowest BCUT2D eigenvalue weighted by molar-refractivity contribution is 0.416. The summed E-state index contributed by atoms with van der Waals surface area (Å²) in [5, 5.41) is 1.12. The number of aromatic nitrogens is 2. The number of nitrogens with one attached hydrogen (secondary N) is 1. The number of nitrogens with zero attached hydrogens (tertiary/aromatic N) is 1. The SMILES string of the molecule is COc1ccccc1-c1c[nH]c2ncc(Br)c(SC)c12. The van der Waals surface area contributed by atoms with Crippen molar-refractivity contribution in [3.8, 4) is 16.9 Å². The Balaban J connectivity index is 2.34. The Hall–Kier alpha value is -1.46. The smallest absolute Gasteiger partial charge is 0.139 e. The molecule has 0 aliphatic carbocycles. The number of pyridine rings is 1. The van der Waals surface area contributed by atoms with Crippen LogP contribution in [0.15, 0.2) is 46.0 Å². The summed E-state index contributed by atoms with van der Waals surface area (Å²) in [5.74, 6) is 0.862. The summed E-state index contributed by atoms with van der Waals surface area (Å²) in [6.07, 6.45) is 5.89. The molecule has 5 heteroatoms. The largest absolute Gasteiger partial charge is 0.496 e. The van der Waals surface area contributed by atoms with Crippen molar-refractivity contribution in [1.82, 2.24) is 9.97 Å². The summed E-state index contributed by atoms with van der Waals surface area (Å²) in [5.41, 5.74) is 3.06. The average molecular weight is 349 g/mol. The van der Waals surface area contributed by atoms with Crippen molar-refractivity contribution < 1.29 is 4.74 Å². The predicted molar refractivity (Wildman–Crippen MR) is 87.6 cm³/mol. The fraction of sp³-hybridized carbons (Fsp3) is 0.133. The molecule has 0 saturated heterocycles. The molecule has 0 aliphatic heterocycles. The minimum atomic E-state index is 0.862. The molecule has 3 rings (SSSR count). The molecule has 102 valence electrons. The van der Waals surface area contributed by atoms with E-state index in [1.54, 1.807) is 18.9 Å². The zero-order valence-corrected chi connectivity index (χ0v) is 13.5. The van der Waals surface area contributed by atoms with Gasteiger partial charge < -0.3 is 9.72 Å². The van der Waals surface area contributed by atoms with Crippen LogP contribution in [-0.2, 0) is 0 Å². The number of rotatable bonds is 3. The molecular formula is C15H13BrN2OS. The Morgan fingerprint density at radius 1 is 1.25 bits per heavy atom. The molecule has 1 N–H and O–H groups in total. The summed E-state index contributed by atoms with van der Waals surface area (Å²) in [6.45, 7) is 0. The first kappa shape index (κ1) is 13.5. The highest BCUT2D eigenvalue weighted by atomic mass is 79.9. The Morgan fingerprint density at radius 2 is 2.05 bits per heavy atom. The summed E-state index contributed by atoms with van der Waals surface area (Å²) < 4.78 is 6.48. The Labute approximate surface area is 129 Å². The lowest BCUT2D eigenvalue weighted by atomic mass is 10.0. The van der Waals surface area contributed by atoms with Crippen molar-refractivity contribution in [3.63, 3.8) is 0 Å². The van der Waals surface area contributed by atoms with E-state index in [1.807, 2.05) is 30.6 Å². The Kier molecular flexibility index (Phi) is 3.72. The van der Waals surface area contributed by atoms with E-state index in [9.17, 15) is 0 Å². The molecule has 0 unspecified atom stereocenters. The topological polar surface area (TPSA) is 37.9 Å². The summed E-state index contributed by atoms with van der Waals surface area (Å²) in [6, 6.07) is 8.02. The number of fused-ring (bicyclic) bond motifs is 1. The van der Waals surface area contributed by atoms with Crippen LogP contribution in [0.1, 0.15) is 0 Å². The van der Waals surface area contributed by atoms with Gasteiger partial charge in [0.25, 0.3) is 0 Å². The van der Waals surface area contributed by atoms with Crippen molar-refractivity contribution in [2.24, 2.45) is 0 Å². The first-order chi connectivity index (χ1) is 9.76. The number of ether oxygens (including phenoxy) is 1. The lowest BCUT2D eigenvalue weighted by Gasteiger charge is -2.09. The molecule has 0 radical (unpaired) electrons. The molecule has 0 fully saturated rings. The van der Waals surface area contributed by atoms with Crippen molar-refractivity contribution in [2.75, 3.05) is 13.4 Å². The van der Waals surface area contributed by atoms with Gasteiger partial charge in [-0.3, -0.25) is 0 Å². The number of H-pyrrole nitrogens is 1. The molecule has 0 spiro atoms. The number of hydrogen-bond donors (Lipinski definition) is 1. The quantitative estimate of drug-likeness (QED) is 0.695. The lowest BCUT2D eigenvalue weighted by Crippen LogP contribution is -1.88. The minimum absolute atomic E-state index is 0.862. The highest BCUT2D eigenvalue weighted by molar-refractivity contribution is 9.10. The molecule has 0 amide bonds. The van der Waals surface area contributed by atoms with E-state index >= 15 is 0 Å². The zero-order chi connectivity index (χ0) is 14.1. The van der Waals surface area contributed by atoms with Gasteiger partial charge in [0.15, 0.2) is 0 Å². The van der Waals surface area contributed by atoms with E-state index in [4.69, 9.17) is 4.74 Å². The van der Waals surface area contributed by atoms with Crippen LogP contribution in [0.3, 0.4) is 0 Å². The summed E-state index contributed by atoms with van der Waals surface area (Å²) in [4.78, 5) is 8.85. The van der Waals surface area contributed by atoms with Crippen molar-refractivity contribution in [1.29, 1.82) is 0 Å². The van der Waals surface area contributed by atoms with Crippen molar-refractivity contribution in [3.05, 3.63) is 41.1 Å². The summed E-state index contributed by atoms with van der Waals surface area (Å²) in [7, 11) is 1.69. The normalized spacial score (nSPS) is 10.9. The van der Waals surface area contributed by atoms with E-state index in [0.29, 0.717) is 0 Å². The monoisotopic (exact) mass is 348 g/mol. The van der Waals surface area contributed by atoms with Gasteiger partial charge in [0.2, 0.25) is 0 Å². The number of aromatic amines is 1. The van der Waals surface area contributed by atoms with Crippen LogP contribution < -0.4 is 4.74 Å². The highest BCUT2D eigenvalue weighted by Gasteiger charge is 2.16. The van der Waals surface area contributed by atoms with Gasteiger partial charge in [-0.2, -0.15) is 0 Å². The van der Waals surface area contributed by atoms with Gasteiger partial charge in [0.05, 0.1) is 11.6 Å². The maximum atomic E-state index is 5.47. The second-order valence-electron chi connectivity index (χ2n) is 4.27. The molecule has 0 aliphatic rings. The van der Waals surface area contributed by atoms with Gasteiger partial charge in [0.1, 0.15) is 11.4 Å². The molecule has 2 heterocycles. The van der Waals surface area contributed by atoms with Gasteiger partial charge >= 0.3 is 0 Å². The molecule has 0 atom stereocenters. The average Bonchev–Trinajstić information content (AvgIpc) is 2.91. The number of hydrogen-bond acceptors (Lipinski definition) is 3. The summed E-state index contributed by atoms with van der Waals surface area (Å²) >= 11 is 5.28. The maximum Gasteiger partial charge on any atom is 0.139 e. The third-order valence-electron chi connectivity index (χ3n) is 3.21.